The molecule has 1 heterocycles. The summed E-state index contributed by atoms with van der Waals surface area (Å²) >= 11 is 0. The highest BCUT2D eigenvalue weighted by Crippen LogP contribution is 2.54. The van der Waals surface area contributed by atoms with Crippen LogP contribution in [-0.4, -0.2) is 38.8 Å². The number of phenolic OH excluding ortho intramolecular Hbond substituents is 1. The number of carbonyl (C=O) groups is 4. The predicted molar refractivity (Wildman–Crippen MR) is 103 cm³/mol. The van der Waals surface area contributed by atoms with E-state index in [0.717, 1.165) is 11.1 Å². The van der Waals surface area contributed by atoms with Gasteiger partial charge in [0, 0.05) is 22.6 Å². The third-order valence-electron chi connectivity index (χ3n) is 6.77. The molecule has 0 bridgehead atoms. The Labute approximate surface area is 171 Å². The van der Waals surface area contributed by atoms with Crippen LogP contribution >= 0.6 is 0 Å². The van der Waals surface area contributed by atoms with Crippen LogP contribution in [0.2, 0.25) is 0 Å². The van der Waals surface area contributed by atoms with Crippen molar-refractivity contribution in [1.29, 1.82) is 0 Å². The summed E-state index contributed by atoms with van der Waals surface area (Å²) in [6, 6.07) is 6.43. The average molecular weight is 405 g/mol. The maximum atomic E-state index is 13.1. The van der Waals surface area contributed by atoms with E-state index in [1.807, 2.05) is 6.08 Å². The van der Waals surface area contributed by atoms with E-state index in [1.54, 1.807) is 19.1 Å². The first-order chi connectivity index (χ1) is 14.3. The quantitative estimate of drug-likeness (QED) is 0.321. The first kappa shape index (κ1) is 18.7. The van der Waals surface area contributed by atoms with Crippen LogP contribution in [0.1, 0.15) is 31.2 Å². The number of aromatic hydroxyl groups is 1. The molecule has 5 rings (SSSR count). The molecular formula is C23H19NO6. The minimum absolute atomic E-state index is 0.0765. The first-order valence-corrected chi connectivity index (χ1v) is 9.85. The molecule has 7 nitrogen and oxygen atoms in total. The molecule has 1 aliphatic heterocycles. The summed E-state index contributed by atoms with van der Waals surface area (Å²) in [6.45, 7) is 1.61. The van der Waals surface area contributed by atoms with Gasteiger partial charge in [0.05, 0.1) is 11.8 Å². The van der Waals surface area contributed by atoms with E-state index in [2.05, 4.69) is 0 Å². The second-order valence-corrected chi connectivity index (χ2v) is 8.31. The molecule has 4 unspecified atom stereocenters. The van der Waals surface area contributed by atoms with Gasteiger partial charge in [0.25, 0.3) is 11.8 Å². The van der Waals surface area contributed by atoms with E-state index in [4.69, 9.17) is 0 Å². The number of ketones is 2. The number of rotatable bonds is 1. The molecule has 7 heteroatoms. The van der Waals surface area contributed by atoms with Crippen LogP contribution in [0.15, 0.2) is 58.7 Å². The summed E-state index contributed by atoms with van der Waals surface area (Å²) in [4.78, 5) is 50.9. The molecule has 1 fully saturated rings. The monoisotopic (exact) mass is 405 g/mol. The number of Topliss-reactive ketones (excluding diaryl/α,β-unsaturated/α-hetero) is 1. The zero-order valence-corrected chi connectivity index (χ0v) is 16.2. The Morgan fingerprint density at radius 1 is 1.00 bits per heavy atom. The fourth-order valence-corrected chi connectivity index (χ4v) is 5.39. The summed E-state index contributed by atoms with van der Waals surface area (Å²) < 4.78 is 0. The zero-order chi connectivity index (χ0) is 21.3. The molecule has 1 aromatic carbocycles. The van der Waals surface area contributed by atoms with Gasteiger partial charge in [-0.1, -0.05) is 23.8 Å². The summed E-state index contributed by atoms with van der Waals surface area (Å²) in [5.74, 6) is -4.09. The molecule has 0 saturated carbocycles. The van der Waals surface area contributed by atoms with E-state index in [1.165, 1.54) is 18.2 Å². The Hall–Kier alpha value is -3.32. The van der Waals surface area contributed by atoms with E-state index < -0.39 is 35.5 Å². The largest absolute Gasteiger partial charge is 0.508 e. The number of hydrogen-bond acceptors (Lipinski definition) is 6. The molecule has 0 aromatic heterocycles. The Kier molecular flexibility index (Phi) is 3.95. The number of benzene rings is 1. The summed E-state index contributed by atoms with van der Waals surface area (Å²) in [6.07, 6.45) is 3.66. The molecule has 0 radical (unpaired) electrons. The van der Waals surface area contributed by atoms with Gasteiger partial charge in [0.15, 0.2) is 11.6 Å². The number of amides is 2. The van der Waals surface area contributed by atoms with Gasteiger partial charge in [0.1, 0.15) is 5.75 Å². The lowest BCUT2D eigenvalue weighted by Crippen LogP contribution is -2.39. The van der Waals surface area contributed by atoms with Gasteiger partial charge in [-0.2, -0.15) is 5.06 Å². The number of phenols is 1. The number of hydrogen-bond donors (Lipinski definition) is 2. The highest BCUT2D eigenvalue weighted by Gasteiger charge is 2.56. The number of hydroxylamine groups is 2. The van der Waals surface area contributed by atoms with Gasteiger partial charge >= 0.3 is 0 Å². The van der Waals surface area contributed by atoms with Crippen LogP contribution < -0.4 is 0 Å². The van der Waals surface area contributed by atoms with E-state index in [0.29, 0.717) is 16.7 Å². The van der Waals surface area contributed by atoms with Gasteiger partial charge in [-0.3, -0.25) is 24.4 Å². The number of allylic oxidation sites excluding steroid dienone is 6. The van der Waals surface area contributed by atoms with Crippen molar-refractivity contribution in [1.82, 2.24) is 5.06 Å². The van der Waals surface area contributed by atoms with Crippen molar-refractivity contribution in [2.24, 2.45) is 17.8 Å². The summed E-state index contributed by atoms with van der Waals surface area (Å²) in [5.41, 5.74) is 2.67. The molecule has 2 amide bonds. The van der Waals surface area contributed by atoms with Gasteiger partial charge in [-0.05, 0) is 49.5 Å². The van der Waals surface area contributed by atoms with Gasteiger partial charge < -0.3 is 5.11 Å². The van der Waals surface area contributed by atoms with Crippen molar-refractivity contribution in [2.75, 3.05) is 0 Å². The third kappa shape index (κ3) is 2.42. The maximum absolute atomic E-state index is 13.1. The lowest BCUT2D eigenvalue weighted by atomic mass is 9.59. The van der Waals surface area contributed by atoms with Gasteiger partial charge in [0.2, 0.25) is 0 Å². The molecule has 0 spiro atoms. The molecule has 1 saturated heterocycles. The SMILES string of the molecule is CC1=CC(=O)C2=C(C1=O)C(c1ccc(O)cc1)C1=CCC3C(=O)N(O)C(=O)C3C1C2. The second kappa shape index (κ2) is 6.34. The molecule has 4 atom stereocenters. The van der Waals surface area contributed by atoms with Crippen molar-refractivity contribution >= 4 is 23.4 Å². The van der Waals surface area contributed by atoms with Crippen molar-refractivity contribution < 1.29 is 29.5 Å². The van der Waals surface area contributed by atoms with Gasteiger partial charge in [-0.25, -0.2) is 0 Å². The Balaban J connectivity index is 1.71. The van der Waals surface area contributed by atoms with Crippen LogP contribution in [0.3, 0.4) is 0 Å². The maximum Gasteiger partial charge on any atom is 0.257 e. The predicted octanol–water partition coefficient (Wildman–Crippen LogP) is 2.21. The summed E-state index contributed by atoms with van der Waals surface area (Å²) in [7, 11) is 0. The number of nitrogens with zero attached hydrogens (tertiary/aromatic N) is 1. The standard InChI is InChI=1S/C23H19NO6/c1-10-8-17(26)16-9-15-13(6-7-14-19(15)23(29)24(30)22(14)28)18(20(16)21(10)27)11-2-4-12(25)5-3-11/h2-6,8,14-15,18-19,25,30H,7,9H2,1H3. The summed E-state index contributed by atoms with van der Waals surface area (Å²) in [5, 5.41) is 19.8. The fourth-order valence-electron chi connectivity index (χ4n) is 5.39. The average Bonchev–Trinajstić information content (AvgIpc) is 2.95. The number of imide groups is 1. The molecule has 4 aliphatic rings. The van der Waals surface area contributed by atoms with Gasteiger partial charge in [-0.15, -0.1) is 0 Å². The second-order valence-electron chi connectivity index (χ2n) is 8.31. The topological polar surface area (TPSA) is 112 Å². The Morgan fingerprint density at radius 2 is 1.70 bits per heavy atom. The van der Waals surface area contributed by atoms with Crippen LogP contribution in [0.5, 0.6) is 5.75 Å². The highest BCUT2D eigenvalue weighted by atomic mass is 16.5. The van der Waals surface area contributed by atoms with Crippen LogP contribution in [0, 0.1) is 17.8 Å². The number of fused-ring (bicyclic) bond motifs is 3. The molecule has 30 heavy (non-hydrogen) atoms. The highest BCUT2D eigenvalue weighted by molar-refractivity contribution is 6.23. The minimum Gasteiger partial charge on any atom is -0.508 e. The van der Waals surface area contributed by atoms with E-state index >= 15 is 0 Å². The molecule has 152 valence electrons. The third-order valence-corrected chi connectivity index (χ3v) is 6.77. The van der Waals surface area contributed by atoms with E-state index in [9.17, 15) is 29.5 Å². The van der Waals surface area contributed by atoms with Crippen LogP contribution in [0.25, 0.3) is 0 Å². The molecule has 3 aliphatic carbocycles. The van der Waals surface area contributed by atoms with Crippen LogP contribution in [-0.2, 0) is 19.2 Å². The Bertz CT molecular complexity index is 1120. The normalized spacial score (nSPS) is 30.7. The van der Waals surface area contributed by atoms with Crippen molar-refractivity contribution in [2.45, 2.75) is 25.7 Å². The van der Waals surface area contributed by atoms with Crippen molar-refractivity contribution in [3.8, 4) is 5.75 Å². The van der Waals surface area contributed by atoms with E-state index in [-0.39, 0.29) is 35.2 Å². The van der Waals surface area contributed by atoms with Crippen molar-refractivity contribution in [3.63, 3.8) is 0 Å². The lowest BCUT2D eigenvalue weighted by Gasteiger charge is -2.42. The Morgan fingerprint density at radius 3 is 2.40 bits per heavy atom. The van der Waals surface area contributed by atoms with Crippen LogP contribution in [0.4, 0.5) is 0 Å². The lowest BCUT2D eigenvalue weighted by molar-refractivity contribution is -0.173. The fraction of sp³-hybridized carbons (Fsp3) is 0.304. The zero-order valence-electron chi connectivity index (χ0n) is 16.2. The molecule has 2 N–H and O–H groups in total. The molecular weight excluding hydrogens is 386 g/mol. The first-order valence-electron chi connectivity index (χ1n) is 9.85. The van der Waals surface area contributed by atoms with Crippen molar-refractivity contribution in [3.05, 3.63) is 64.3 Å². The number of carbonyl (C=O) groups excluding carboxylic acids is 4. The smallest absolute Gasteiger partial charge is 0.257 e. The minimum atomic E-state index is -0.758. The molecule has 1 aromatic rings.